The van der Waals surface area contributed by atoms with Crippen molar-refractivity contribution in [3.8, 4) is 11.5 Å². The molecule has 2 aromatic carbocycles. The summed E-state index contributed by atoms with van der Waals surface area (Å²) in [6.07, 6.45) is 3.56. The summed E-state index contributed by atoms with van der Waals surface area (Å²) in [6.45, 7) is 0.762. The van der Waals surface area contributed by atoms with Crippen LogP contribution in [-0.2, 0) is 14.6 Å². The summed E-state index contributed by atoms with van der Waals surface area (Å²) in [6, 6.07) is 14.2. The van der Waals surface area contributed by atoms with Crippen molar-refractivity contribution >= 4 is 38.3 Å². The van der Waals surface area contributed by atoms with E-state index in [1.807, 2.05) is 6.07 Å². The van der Waals surface area contributed by atoms with Gasteiger partial charge in [0, 0.05) is 49.6 Å². The molecule has 3 aromatic heterocycles. The summed E-state index contributed by atoms with van der Waals surface area (Å²) < 4.78 is 50.7. The number of aromatic amines is 1. The van der Waals surface area contributed by atoms with Crippen molar-refractivity contribution in [3.63, 3.8) is 0 Å². The van der Waals surface area contributed by atoms with Gasteiger partial charge in [0.25, 0.3) is 23.5 Å². The van der Waals surface area contributed by atoms with Crippen molar-refractivity contribution in [1.82, 2.24) is 24.9 Å². The van der Waals surface area contributed by atoms with Gasteiger partial charge >= 0.3 is 0 Å². The van der Waals surface area contributed by atoms with Crippen LogP contribution in [0.1, 0.15) is 37.6 Å². The fourth-order valence-corrected chi connectivity index (χ4v) is 6.15. The van der Waals surface area contributed by atoms with Crippen molar-refractivity contribution in [2.75, 3.05) is 32.4 Å². The highest BCUT2D eigenvalue weighted by Gasteiger charge is 2.34. The zero-order valence-corrected chi connectivity index (χ0v) is 23.5. The topological polar surface area (TPSA) is 160 Å². The number of benzene rings is 2. The molecule has 2 amide bonds. The van der Waals surface area contributed by atoms with E-state index in [-0.39, 0.29) is 71.6 Å². The maximum Gasteiger partial charge on any atom is 0.295 e. The van der Waals surface area contributed by atoms with Gasteiger partial charge in [-0.25, -0.2) is 12.8 Å². The first kappa shape index (κ1) is 28.0. The van der Waals surface area contributed by atoms with Gasteiger partial charge in [0.05, 0.1) is 22.9 Å². The van der Waals surface area contributed by atoms with Crippen molar-refractivity contribution in [1.29, 1.82) is 0 Å². The smallest absolute Gasteiger partial charge is 0.295 e. The highest BCUT2D eigenvalue weighted by Crippen LogP contribution is 2.34. The second kappa shape index (κ2) is 10.9. The molecule has 1 aliphatic heterocycles. The number of nitrogens with zero attached hydrogens (tertiary/aromatic N) is 4. The Morgan fingerprint density at radius 1 is 0.977 bits per heavy atom. The number of nitrogens with one attached hydrogen (secondary N) is 1. The number of rotatable bonds is 7. The molecule has 1 unspecified atom stereocenters. The molecule has 1 atom stereocenters. The Morgan fingerprint density at radius 3 is 2.37 bits per heavy atom. The summed E-state index contributed by atoms with van der Waals surface area (Å²) in [7, 11) is -3.76. The largest absolute Gasteiger partial charge is 0.467 e. The highest BCUT2D eigenvalue weighted by molar-refractivity contribution is 7.91. The number of amides is 2. The lowest BCUT2D eigenvalue weighted by Gasteiger charge is -2.34. The molecule has 5 aromatic rings. The Labute approximate surface area is 244 Å². The third-order valence-corrected chi connectivity index (χ3v) is 8.53. The number of H-pyrrole nitrogens is 1. The first-order chi connectivity index (χ1) is 20.6. The van der Waals surface area contributed by atoms with Crippen molar-refractivity contribution in [2.24, 2.45) is 0 Å². The molecule has 4 heterocycles. The second-order valence-corrected chi connectivity index (χ2v) is 12.1. The van der Waals surface area contributed by atoms with Crippen LogP contribution in [0.5, 0.6) is 0 Å². The van der Waals surface area contributed by atoms with E-state index in [9.17, 15) is 22.8 Å². The molecule has 220 valence electrons. The fourth-order valence-electron chi connectivity index (χ4n) is 5.12. The molecule has 0 saturated carbocycles. The van der Waals surface area contributed by atoms with Crippen LogP contribution in [-0.4, -0.2) is 83.4 Å². The standard InChI is InChI=1S/C29H24FN5O7S/c1-43(39,40)25(21-8-5-15-41-21)26-32-27(42-33-26)18-9-10-20(30)22-19(16-31-23(18)22)24(36)29(38)35-13-11-34(12-14-35)28(37)17-6-3-2-4-7-17/h2-10,15-16,25,31H,11-14H2,1H3. The number of aromatic nitrogens is 3. The van der Waals surface area contributed by atoms with Gasteiger partial charge in [-0.05, 0) is 36.4 Å². The molecule has 6 rings (SSSR count). The molecule has 12 nitrogen and oxygen atoms in total. The first-order valence-corrected chi connectivity index (χ1v) is 15.1. The summed E-state index contributed by atoms with van der Waals surface area (Å²) in [5, 5.41) is 2.34. The summed E-state index contributed by atoms with van der Waals surface area (Å²) in [4.78, 5) is 49.2. The zero-order chi connectivity index (χ0) is 30.3. The van der Waals surface area contributed by atoms with Crippen LogP contribution in [0.4, 0.5) is 4.39 Å². The number of furan rings is 1. The maximum atomic E-state index is 15.1. The molecule has 1 aliphatic rings. The lowest BCUT2D eigenvalue weighted by Crippen LogP contribution is -2.52. The number of ketones is 1. The van der Waals surface area contributed by atoms with E-state index in [0.717, 1.165) is 12.3 Å². The zero-order valence-electron chi connectivity index (χ0n) is 22.7. The van der Waals surface area contributed by atoms with Crippen LogP contribution in [0.15, 0.2) is 76.0 Å². The number of hydrogen-bond donors (Lipinski definition) is 1. The predicted octanol–water partition coefficient (Wildman–Crippen LogP) is 3.25. The van der Waals surface area contributed by atoms with Crippen LogP contribution in [0.25, 0.3) is 22.4 Å². The van der Waals surface area contributed by atoms with E-state index in [1.165, 1.54) is 35.6 Å². The number of hydrogen-bond acceptors (Lipinski definition) is 9. The summed E-state index contributed by atoms with van der Waals surface area (Å²) >= 11 is 0. The summed E-state index contributed by atoms with van der Waals surface area (Å²) in [5.41, 5.74) is 0.649. The number of piperazine rings is 1. The van der Waals surface area contributed by atoms with Gasteiger partial charge in [0.2, 0.25) is 0 Å². The molecule has 43 heavy (non-hydrogen) atoms. The number of halogens is 1. The average Bonchev–Trinajstić information content (AvgIpc) is 3.79. The van der Waals surface area contributed by atoms with E-state index in [1.54, 1.807) is 29.2 Å². The van der Waals surface area contributed by atoms with Crippen molar-refractivity contribution in [3.05, 3.63) is 95.6 Å². The van der Waals surface area contributed by atoms with Gasteiger partial charge in [-0.1, -0.05) is 23.4 Å². The van der Waals surface area contributed by atoms with Gasteiger partial charge in [-0.2, -0.15) is 4.98 Å². The number of Topliss-reactive ketones (excluding diaryl/α,β-unsaturated/α-hetero) is 1. The third-order valence-electron chi connectivity index (χ3n) is 7.23. The Kier molecular flexibility index (Phi) is 7.13. The van der Waals surface area contributed by atoms with Crippen LogP contribution >= 0.6 is 0 Å². The molecule has 0 bridgehead atoms. The predicted molar refractivity (Wildman–Crippen MR) is 150 cm³/mol. The van der Waals surface area contributed by atoms with E-state index in [2.05, 4.69) is 15.1 Å². The minimum atomic E-state index is -3.76. The van der Waals surface area contributed by atoms with Crippen LogP contribution in [0, 0.1) is 5.82 Å². The van der Waals surface area contributed by atoms with E-state index in [0.29, 0.717) is 5.56 Å². The van der Waals surface area contributed by atoms with Crippen molar-refractivity contribution < 1.29 is 36.1 Å². The van der Waals surface area contributed by atoms with Crippen molar-refractivity contribution in [2.45, 2.75) is 5.25 Å². The molecule has 14 heteroatoms. The third kappa shape index (κ3) is 5.20. The molecular weight excluding hydrogens is 581 g/mol. The molecular formula is C29H24FN5O7S. The second-order valence-electron chi connectivity index (χ2n) is 10.0. The van der Waals surface area contributed by atoms with Gasteiger partial charge < -0.3 is 23.7 Å². The number of carbonyl (C=O) groups excluding carboxylic acids is 3. The van der Waals surface area contributed by atoms with Crippen LogP contribution in [0.3, 0.4) is 0 Å². The minimum Gasteiger partial charge on any atom is -0.467 e. The Bertz CT molecular complexity index is 1940. The number of carbonyl (C=O) groups is 3. The van der Waals surface area contributed by atoms with Gasteiger partial charge in [-0.15, -0.1) is 0 Å². The van der Waals surface area contributed by atoms with Gasteiger partial charge in [0.15, 0.2) is 20.9 Å². The van der Waals surface area contributed by atoms with E-state index < -0.39 is 32.6 Å². The Balaban J connectivity index is 1.24. The summed E-state index contributed by atoms with van der Waals surface area (Å²) in [5.74, 6) is -2.91. The molecule has 0 spiro atoms. The number of sulfone groups is 1. The fraction of sp³-hybridized carbons (Fsp3) is 0.207. The first-order valence-electron chi connectivity index (χ1n) is 13.2. The SMILES string of the molecule is CS(=O)(=O)C(c1noc(-c2ccc(F)c3c(C(=O)C(=O)N4CCN(C(=O)c5ccccc5)CC4)c[nH]c23)n1)c1ccco1. The minimum absolute atomic E-state index is 0.0932. The Hall–Kier alpha value is -5.11. The van der Waals surface area contributed by atoms with Gasteiger partial charge in [-0.3, -0.25) is 14.4 Å². The number of fused-ring (bicyclic) bond motifs is 1. The molecule has 1 saturated heterocycles. The Morgan fingerprint density at radius 2 is 1.70 bits per heavy atom. The quantitative estimate of drug-likeness (QED) is 0.217. The molecule has 0 radical (unpaired) electrons. The van der Waals surface area contributed by atoms with Crippen LogP contribution < -0.4 is 0 Å². The molecule has 1 N–H and O–H groups in total. The lowest BCUT2D eigenvalue weighted by molar-refractivity contribution is -0.127. The molecule has 0 aliphatic carbocycles. The van der Waals surface area contributed by atoms with Crippen LogP contribution in [0.2, 0.25) is 0 Å². The highest BCUT2D eigenvalue weighted by atomic mass is 32.2. The van der Waals surface area contributed by atoms with Gasteiger partial charge in [0.1, 0.15) is 11.6 Å². The maximum absolute atomic E-state index is 15.1. The lowest BCUT2D eigenvalue weighted by atomic mass is 10.0. The van der Waals surface area contributed by atoms with E-state index >= 15 is 4.39 Å². The monoisotopic (exact) mass is 605 g/mol. The van der Waals surface area contributed by atoms with E-state index in [4.69, 9.17) is 8.94 Å². The normalized spacial score (nSPS) is 14.7. The average molecular weight is 606 g/mol. The molecule has 1 fully saturated rings.